The molecule has 0 bridgehead atoms. The molecule has 3 heterocycles. The molecule has 0 saturated carbocycles. The van der Waals surface area contributed by atoms with Crippen LogP contribution in [0.3, 0.4) is 0 Å². The number of ether oxygens (including phenoxy) is 1. The Labute approximate surface area is 165 Å². The quantitative estimate of drug-likeness (QED) is 0.567. The minimum Gasteiger partial charge on any atom is -0.494 e. The number of hydrogen-bond donors (Lipinski definition) is 3. The van der Waals surface area contributed by atoms with Gasteiger partial charge in [-0.3, -0.25) is 9.78 Å². The molecule has 0 saturated heterocycles. The van der Waals surface area contributed by atoms with Gasteiger partial charge in [0, 0.05) is 30.4 Å². The number of halogens is 1. The minimum absolute atomic E-state index is 0.165. The van der Waals surface area contributed by atoms with E-state index in [1.165, 1.54) is 17.8 Å². The van der Waals surface area contributed by atoms with Crippen molar-refractivity contribution >= 4 is 29.0 Å². The fourth-order valence-electron chi connectivity index (χ4n) is 3.40. The van der Waals surface area contributed by atoms with E-state index >= 15 is 0 Å². The first-order valence-electron chi connectivity index (χ1n) is 8.75. The second-order valence-corrected chi connectivity index (χ2v) is 7.07. The Kier molecular flexibility index (Phi) is 4.95. The van der Waals surface area contributed by atoms with E-state index in [1.54, 1.807) is 31.6 Å². The van der Waals surface area contributed by atoms with Gasteiger partial charge in [-0.2, -0.15) is 0 Å². The molecule has 3 aromatic rings. The summed E-state index contributed by atoms with van der Waals surface area (Å²) in [6.07, 6.45) is 5.78. The van der Waals surface area contributed by atoms with E-state index in [-0.39, 0.29) is 11.7 Å². The summed E-state index contributed by atoms with van der Waals surface area (Å²) in [6.45, 7) is 0.564. The van der Waals surface area contributed by atoms with Crippen LogP contribution < -0.4 is 15.4 Å². The molecule has 0 atom stereocenters. The van der Waals surface area contributed by atoms with Gasteiger partial charge >= 0.3 is 0 Å². The van der Waals surface area contributed by atoms with Crippen LogP contribution in [0.15, 0.2) is 41.6 Å². The number of H-pyrrole nitrogens is 1. The monoisotopic (exact) mass is 398 g/mol. The van der Waals surface area contributed by atoms with E-state index < -0.39 is 0 Å². The fourth-order valence-corrected chi connectivity index (χ4v) is 4.01. The van der Waals surface area contributed by atoms with Crippen molar-refractivity contribution in [2.45, 2.75) is 11.3 Å². The number of methoxy groups -OCH3 is 1. The fraction of sp³-hybridized carbons (Fsp3) is 0.200. The standard InChI is InChI=1S/C20H19FN4O2S/c1-27-15-10-22-8-6-11(15)17-18(16-13(24-17)7-9-23-20(16)26)25-14-5-3-4-12(21)19(14)28-2/h3-6,8,10,24-25H,7,9H2,1-2H3,(H,23,26). The molecule has 1 aliphatic rings. The van der Waals surface area contributed by atoms with E-state index in [1.807, 2.05) is 12.3 Å². The van der Waals surface area contributed by atoms with E-state index in [2.05, 4.69) is 20.6 Å². The van der Waals surface area contributed by atoms with Crippen LogP contribution in [0.4, 0.5) is 15.8 Å². The second-order valence-electron chi connectivity index (χ2n) is 6.26. The van der Waals surface area contributed by atoms with Crippen molar-refractivity contribution in [3.8, 4) is 17.0 Å². The molecule has 28 heavy (non-hydrogen) atoms. The van der Waals surface area contributed by atoms with Crippen molar-refractivity contribution < 1.29 is 13.9 Å². The molecule has 0 spiro atoms. The van der Waals surface area contributed by atoms with Crippen LogP contribution >= 0.6 is 11.8 Å². The van der Waals surface area contributed by atoms with Crippen LogP contribution in [-0.4, -0.2) is 35.8 Å². The summed E-state index contributed by atoms with van der Waals surface area (Å²) in [5.41, 5.74) is 4.04. The Morgan fingerprint density at radius 1 is 1.32 bits per heavy atom. The zero-order valence-electron chi connectivity index (χ0n) is 15.4. The average molecular weight is 398 g/mol. The van der Waals surface area contributed by atoms with Gasteiger partial charge in [0.1, 0.15) is 11.6 Å². The topological polar surface area (TPSA) is 79.0 Å². The molecule has 4 rings (SSSR count). The number of nitrogens with one attached hydrogen (secondary N) is 3. The number of benzene rings is 1. The molecule has 0 radical (unpaired) electrons. The molecule has 1 aromatic carbocycles. The smallest absolute Gasteiger partial charge is 0.255 e. The molecule has 3 N–H and O–H groups in total. The van der Waals surface area contributed by atoms with Crippen LogP contribution in [0.5, 0.6) is 5.75 Å². The van der Waals surface area contributed by atoms with Crippen molar-refractivity contribution in [1.82, 2.24) is 15.3 Å². The Bertz CT molecular complexity index is 1050. The zero-order valence-corrected chi connectivity index (χ0v) is 16.2. The predicted molar refractivity (Wildman–Crippen MR) is 108 cm³/mol. The molecule has 2 aromatic heterocycles. The lowest BCUT2D eigenvalue weighted by Crippen LogP contribution is -2.31. The molecule has 1 aliphatic heterocycles. The van der Waals surface area contributed by atoms with Gasteiger partial charge in [0.05, 0.1) is 40.8 Å². The van der Waals surface area contributed by atoms with Crippen LogP contribution in [0.1, 0.15) is 16.1 Å². The highest BCUT2D eigenvalue weighted by Gasteiger charge is 2.28. The molecule has 0 fully saturated rings. The number of fused-ring (bicyclic) bond motifs is 1. The number of anilines is 2. The third-order valence-corrected chi connectivity index (χ3v) is 5.49. The number of aromatic amines is 1. The van der Waals surface area contributed by atoms with Crippen molar-refractivity contribution in [2.75, 3.05) is 25.2 Å². The summed E-state index contributed by atoms with van der Waals surface area (Å²) < 4.78 is 19.7. The van der Waals surface area contributed by atoms with E-state index in [4.69, 9.17) is 4.74 Å². The molecule has 0 aliphatic carbocycles. The van der Waals surface area contributed by atoms with Crippen LogP contribution in [0.25, 0.3) is 11.3 Å². The number of hydrogen-bond acceptors (Lipinski definition) is 5. The maximum Gasteiger partial charge on any atom is 0.255 e. The van der Waals surface area contributed by atoms with Crippen molar-refractivity contribution in [2.24, 2.45) is 0 Å². The molecule has 6 nitrogen and oxygen atoms in total. The number of aromatic nitrogens is 2. The Hall–Kier alpha value is -3.00. The number of carbonyl (C=O) groups excluding carboxylic acids is 1. The molecule has 8 heteroatoms. The maximum absolute atomic E-state index is 14.3. The summed E-state index contributed by atoms with van der Waals surface area (Å²) in [7, 11) is 1.57. The highest BCUT2D eigenvalue weighted by Crippen LogP contribution is 2.41. The molecular formula is C20H19FN4O2S. The number of carbonyl (C=O) groups is 1. The minimum atomic E-state index is -0.311. The Morgan fingerprint density at radius 2 is 2.18 bits per heavy atom. The summed E-state index contributed by atoms with van der Waals surface area (Å²) in [5.74, 6) is 0.102. The summed E-state index contributed by atoms with van der Waals surface area (Å²) in [5, 5.41) is 6.17. The first kappa shape index (κ1) is 18.4. The number of thioether (sulfide) groups is 1. The second kappa shape index (κ2) is 7.55. The normalized spacial score (nSPS) is 13.0. The van der Waals surface area contributed by atoms with Gasteiger partial charge in [-0.05, 0) is 24.5 Å². The van der Waals surface area contributed by atoms with Crippen molar-refractivity contribution in [1.29, 1.82) is 0 Å². The SMILES string of the molecule is COc1cnccc1-c1[nH]c2c(c1Nc1cccc(F)c1SC)C(=O)NCC2. The zero-order chi connectivity index (χ0) is 19.7. The van der Waals surface area contributed by atoms with Gasteiger partial charge < -0.3 is 20.4 Å². The van der Waals surface area contributed by atoms with E-state index in [9.17, 15) is 9.18 Å². The van der Waals surface area contributed by atoms with Crippen molar-refractivity contribution in [3.05, 3.63) is 53.7 Å². The summed E-state index contributed by atoms with van der Waals surface area (Å²) in [4.78, 5) is 20.6. The molecule has 1 amide bonds. The Morgan fingerprint density at radius 3 is 2.96 bits per heavy atom. The number of pyridine rings is 1. The summed E-state index contributed by atoms with van der Waals surface area (Å²) >= 11 is 1.31. The van der Waals surface area contributed by atoms with Gasteiger partial charge in [0.2, 0.25) is 0 Å². The Balaban J connectivity index is 1.92. The van der Waals surface area contributed by atoms with Gasteiger partial charge in [-0.25, -0.2) is 4.39 Å². The van der Waals surface area contributed by atoms with E-state index in [0.29, 0.717) is 46.2 Å². The lowest BCUT2D eigenvalue weighted by molar-refractivity contribution is 0.0947. The third kappa shape index (κ3) is 3.09. The number of amides is 1. The van der Waals surface area contributed by atoms with Crippen LogP contribution in [0.2, 0.25) is 0 Å². The van der Waals surface area contributed by atoms with Gasteiger partial charge in [-0.1, -0.05) is 6.07 Å². The highest BCUT2D eigenvalue weighted by atomic mass is 32.2. The number of rotatable bonds is 5. The highest BCUT2D eigenvalue weighted by molar-refractivity contribution is 7.98. The number of nitrogens with zero attached hydrogens (tertiary/aromatic N) is 1. The predicted octanol–water partition coefficient (Wildman–Crippen LogP) is 3.98. The van der Waals surface area contributed by atoms with Gasteiger partial charge in [-0.15, -0.1) is 11.8 Å². The first-order valence-corrected chi connectivity index (χ1v) is 9.97. The van der Waals surface area contributed by atoms with Crippen LogP contribution in [0, 0.1) is 5.82 Å². The first-order chi connectivity index (χ1) is 13.6. The average Bonchev–Trinajstić information content (AvgIpc) is 3.07. The molecular weight excluding hydrogens is 379 g/mol. The molecule has 144 valence electrons. The molecule has 0 unspecified atom stereocenters. The third-order valence-electron chi connectivity index (χ3n) is 4.67. The lowest BCUT2D eigenvalue weighted by Gasteiger charge is -2.17. The van der Waals surface area contributed by atoms with Crippen LogP contribution in [-0.2, 0) is 6.42 Å². The van der Waals surface area contributed by atoms with Crippen molar-refractivity contribution in [3.63, 3.8) is 0 Å². The van der Waals surface area contributed by atoms with Gasteiger partial charge in [0.25, 0.3) is 5.91 Å². The lowest BCUT2D eigenvalue weighted by atomic mass is 10.0. The summed E-state index contributed by atoms with van der Waals surface area (Å²) in [6, 6.07) is 6.68. The maximum atomic E-state index is 14.3. The largest absolute Gasteiger partial charge is 0.494 e. The van der Waals surface area contributed by atoms with Gasteiger partial charge in [0.15, 0.2) is 0 Å². The van der Waals surface area contributed by atoms with E-state index in [0.717, 1.165) is 11.3 Å².